The van der Waals surface area contributed by atoms with Gasteiger partial charge in [-0.3, -0.25) is 47.9 Å². The van der Waals surface area contributed by atoms with Crippen molar-refractivity contribution in [2.24, 2.45) is 11.8 Å². The van der Waals surface area contributed by atoms with E-state index in [1.807, 2.05) is 0 Å². The highest BCUT2D eigenvalue weighted by Crippen LogP contribution is 2.22. The number of hydrogen-bond acceptors (Lipinski definition) is 14. The maximum atomic E-state index is 13.6. The zero-order valence-electron chi connectivity index (χ0n) is 33.4. The van der Waals surface area contributed by atoms with Gasteiger partial charge in [0.2, 0.25) is 30.0 Å². The van der Waals surface area contributed by atoms with Gasteiger partial charge in [0.05, 0.1) is 31.5 Å². The molecule has 0 saturated carbocycles. The maximum absolute atomic E-state index is 13.6. The smallest absolute Gasteiger partial charge is 0.325 e. The second kappa shape index (κ2) is 23.9. The molecule has 320 valence electrons. The number of esters is 2. The Bertz CT molecular complexity index is 1470. The highest BCUT2D eigenvalue weighted by molar-refractivity contribution is 6.03. The Hall–Kier alpha value is -4.98. The summed E-state index contributed by atoms with van der Waals surface area (Å²) in [4.78, 5) is 130. The summed E-state index contributed by atoms with van der Waals surface area (Å²) in [5.41, 5.74) is 0. The van der Waals surface area contributed by atoms with E-state index in [2.05, 4.69) is 10.6 Å². The third-order valence-corrected chi connectivity index (χ3v) is 9.80. The van der Waals surface area contributed by atoms with Crippen LogP contribution in [-0.4, -0.2) is 180 Å². The van der Waals surface area contributed by atoms with Crippen LogP contribution in [0.3, 0.4) is 0 Å². The number of hydrogen-bond donors (Lipinski definition) is 4. The quantitative estimate of drug-likeness (QED) is 0.0448. The number of carbonyl (C=O) groups is 10. The van der Waals surface area contributed by atoms with Crippen molar-refractivity contribution in [3.05, 3.63) is 0 Å². The molecular weight excluding hydrogens is 752 g/mol. The number of Topliss-reactive ketones (excluding diaryl/α,β-unsaturated/α-hetero) is 2. The van der Waals surface area contributed by atoms with Crippen LogP contribution in [0.5, 0.6) is 0 Å². The summed E-state index contributed by atoms with van der Waals surface area (Å²) in [6.07, 6.45) is -0.133. The summed E-state index contributed by atoms with van der Waals surface area (Å²) < 4.78 is 10.2. The van der Waals surface area contributed by atoms with Gasteiger partial charge in [-0.25, -0.2) is 0 Å². The molecule has 2 rings (SSSR count). The summed E-state index contributed by atoms with van der Waals surface area (Å²) in [6.45, 7) is 3.10. The number of aliphatic hydroxyl groups excluding tert-OH is 2. The first-order valence-electron chi connectivity index (χ1n) is 19.2. The lowest BCUT2D eigenvalue weighted by atomic mass is 9.88. The number of amides is 6. The molecule has 0 bridgehead atoms. The fourth-order valence-corrected chi connectivity index (χ4v) is 6.41. The summed E-state index contributed by atoms with van der Waals surface area (Å²) >= 11 is 0. The van der Waals surface area contributed by atoms with Crippen LogP contribution >= 0.6 is 0 Å². The van der Waals surface area contributed by atoms with Crippen LogP contribution in [0, 0.1) is 11.8 Å². The molecule has 0 spiro atoms. The van der Waals surface area contributed by atoms with Gasteiger partial charge in [0.15, 0.2) is 18.2 Å². The lowest BCUT2D eigenvalue weighted by Gasteiger charge is -2.29. The molecule has 6 atom stereocenters. The van der Waals surface area contributed by atoms with Gasteiger partial charge < -0.3 is 49.9 Å². The monoisotopic (exact) mass is 810 g/mol. The van der Waals surface area contributed by atoms with E-state index in [0.29, 0.717) is 38.8 Å². The molecule has 0 aromatic carbocycles. The van der Waals surface area contributed by atoms with Gasteiger partial charge in [-0.15, -0.1) is 0 Å². The van der Waals surface area contributed by atoms with E-state index in [1.54, 1.807) is 11.8 Å². The number of ether oxygens (including phenoxy) is 2. The minimum Gasteiger partial charge on any atom is -0.462 e. The number of nitrogens with zero attached hydrogens (tertiary/aromatic N) is 4. The summed E-state index contributed by atoms with van der Waals surface area (Å²) in [6, 6.07) is -2.37. The van der Waals surface area contributed by atoms with Gasteiger partial charge in [0.1, 0.15) is 31.3 Å². The fraction of sp³-hybridized carbons (Fsp3) is 0.730. The van der Waals surface area contributed by atoms with Crippen molar-refractivity contribution in [2.45, 2.75) is 96.4 Å². The van der Waals surface area contributed by atoms with Crippen molar-refractivity contribution < 1.29 is 67.6 Å². The van der Waals surface area contributed by atoms with Crippen LogP contribution in [0.15, 0.2) is 0 Å². The van der Waals surface area contributed by atoms with Crippen LogP contribution in [0.4, 0.5) is 0 Å². The second-order valence-electron chi connectivity index (χ2n) is 14.5. The Balaban J connectivity index is 2.02. The van der Waals surface area contributed by atoms with E-state index in [0.717, 1.165) is 22.6 Å². The van der Waals surface area contributed by atoms with Gasteiger partial charge in [-0.1, -0.05) is 13.3 Å². The molecule has 0 radical (unpaired) electrons. The molecule has 2 aliphatic heterocycles. The summed E-state index contributed by atoms with van der Waals surface area (Å²) in [5.74, 6) is -8.38. The molecule has 0 aromatic heterocycles. The Morgan fingerprint density at radius 1 is 0.877 bits per heavy atom. The number of ketones is 2. The molecule has 0 aromatic rings. The predicted octanol–water partition coefficient (Wildman–Crippen LogP) is -2.45. The standard InChI is InChI=1S/C37H58N6O14/c1-6-10-25(28(46)16-33(51)57-21-30(48)23(2)35(53)38-17-32(50)42-12-7-8-13-42)15-29(47)26(20-56-34(52)19-40(4)22-44)39-31(49)18-41(5)37(55)27-11-9-14-43(27)36(54)24(3)45/h22-28,45-46H,6-21H2,1-5H3,(H,38,53)(H,39,49)/t23?,24?,25-,26?,27?,28?/m1/s1. The highest BCUT2D eigenvalue weighted by atomic mass is 16.5. The van der Waals surface area contributed by atoms with Gasteiger partial charge in [-0.05, 0) is 51.9 Å². The number of aliphatic hydroxyl groups is 2. The Labute approximate surface area is 331 Å². The number of rotatable bonds is 24. The minimum absolute atomic E-state index is 0.233. The van der Waals surface area contributed by atoms with Gasteiger partial charge in [-0.2, -0.15) is 0 Å². The van der Waals surface area contributed by atoms with E-state index in [9.17, 15) is 58.2 Å². The summed E-state index contributed by atoms with van der Waals surface area (Å²) in [5, 5.41) is 25.6. The SMILES string of the molecule is CCC[C@H](CC(=O)C(COC(=O)CN(C)C=O)NC(=O)CN(C)C(=O)C1CCCN1C(=O)C(C)O)C(O)CC(=O)OCC(=O)C(C)C(=O)NCC(=O)N1CCCC1. The largest absolute Gasteiger partial charge is 0.462 e. The lowest BCUT2D eigenvalue weighted by Crippen LogP contribution is -2.52. The fourth-order valence-electron chi connectivity index (χ4n) is 6.41. The molecule has 2 fully saturated rings. The first-order valence-corrected chi connectivity index (χ1v) is 19.2. The molecule has 2 aliphatic rings. The molecule has 4 N–H and O–H groups in total. The number of likely N-dealkylation sites (tertiary alicyclic amines) is 2. The van der Waals surface area contributed by atoms with E-state index >= 15 is 0 Å². The Morgan fingerprint density at radius 2 is 1.54 bits per heavy atom. The maximum Gasteiger partial charge on any atom is 0.325 e. The summed E-state index contributed by atoms with van der Waals surface area (Å²) in [7, 11) is 2.65. The van der Waals surface area contributed by atoms with Crippen LogP contribution in [0.2, 0.25) is 0 Å². The van der Waals surface area contributed by atoms with Crippen molar-refractivity contribution in [3.63, 3.8) is 0 Å². The zero-order chi connectivity index (χ0) is 42.8. The zero-order valence-corrected chi connectivity index (χ0v) is 33.4. The van der Waals surface area contributed by atoms with Crippen molar-refractivity contribution >= 4 is 59.5 Å². The molecule has 2 heterocycles. The minimum atomic E-state index is -1.47. The molecule has 20 nitrogen and oxygen atoms in total. The average Bonchev–Trinajstić information content (AvgIpc) is 3.90. The molecular formula is C37H58N6O14. The molecule has 57 heavy (non-hydrogen) atoms. The van der Waals surface area contributed by atoms with Gasteiger partial charge in [0.25, 0.3) is 5.91 Å². The molecule has 2 saturated heterocycles. The number of nitrogens with one attached hydrogen (secondary N) is 2. The van der Waals surface area contributed by atoms with Crippen molar-refractivity contribution in [1.29, 1.82) is 0 Å². The van der Waals surface area contributed by atoms with E-state index in [4.69, 9.17) is 9.47 Å². The topological polar surface area (TPSA) is 267 Å². The van der Waals surface area contributed by atoms with E-state index in [-0.39, 0.29) is 25.4 Å². The molecule has 6 amide bonds. The van der Waals surface area contributed by atoms with Crippen LogP contribution in [-0.2, 0) is 57.4 Å². The Morgan fingerprint density at radius 3 is 2.16 bits per heavy atom. The third kappa shape index (κ3) is 15.8. The van der Waals surface area contributed by atoms with Crippen molar-refractivity contribution in [1.82, 2.24) is 30.2 Å². The van der Waals surface area contributed by atoms with Crippen molar-refractivity contribution in [2.75, 3.05) is 66.6 Å². The third-order valence-electron chi connectivity index (χ3n) is 9.80. The van der Waals surface area contributed by atoms with Crippen molar-refractivity contribution in [3.8, 4) is 0 Å². The van der Waals surface area contributed by atoms with Gasteiger partial charge >= 0.3 is 11.9 Å². The Kier molecular flexibility index (Phi) is 20.2. The predicted molar refractivity (Wildman–Crippen MR) is 198 cm³/mol. The highest BCUT2D eigenvalue weighted by Gasteiger charge is 2.38. The lowest BCUT2D eigenvalue weighted by molar-refractivity contribution is -0.153. The molecule has 5 unspecified atom stereocenters. The number of carbonyl (C=O) groups excluding carboxylic acids is 10. The van der Waals surface area contributed by atoms with Crippen LogP contribution < -0.4 is 10.6 Å². The first-order chi connectivity index (χ1) is 26.9. The first kappa shape index (κ1) is 48.2. The average molecular weight is 811 g/mol. The van der Waals surface area contributed by atoms with E-state index < -0.39 is 122 Å². The second-order valence-corrected chi connectivity index (χ2v) is 14.5. The molecule has 0 aliphatic carbocycles. The normalized spacial score (nSPS) is 17.6. The van der Waals surface area contributed by atoms with E-state index in [1.165, 1.54) is 32.8 Å². The van der Waals surface area contributed by atoms with Gasteiger partial charge in [0, 0.05) is 40.2 Å². The van der Waals surface area contributed by atoms with Crippen LogP contribution in [0.1, 0.15) is 72.1 Å². The van der Waals surface area contributed by atoms with Crippen LogP contribution in [0.25, 0.3) is 0 Å². The number of likely N-dealkylation sites (N-methyl/N-ethyl adjacent to an activating group) is 2. The molecule has 20 heteroatoms.